The average Bonchev–Trinajstić information content (AvgIpc) is 2.32. The quantitative estimate of drug-likeness (QED) is 0.602. The van der Waals surface area contributed by atoms with Crippen molar-refractivity contribution in [2.45, 2.75) is 12.8 Å². The molecule has 0 aromatic heterocycles. The molecular weight excluding hydrogens is 228 g/mol. The zero-order valence-corrected chi connectivity index (χ0v) is 11.9. The van der Waals surface area contributed by atoms with Crippen LogP contribution in [0.4, 0.5) is 0 Å². The first-order chi connectivity index (χ1) is 7.36. The zero-order valence-electron chi connectivity index (χ0n) is 9.62. The van der Waals surface area contributed by atoms with Crippen LogP contribution in [0.15, 0.2) is 0 Å². The van der Waals surface area contributed by atoms with E-state index in [9.17, 15) is 0 Å². The molecule has 0 aliphatic carbocycles. The molecule has 1 saturated heterocycles. The highest BCUT2D eigenvalue weighted by atomic mass is 28.4. The second-order valence-electron chi connectivity index (χ2n) is 3.58. The summed E-state index contributed by atoms with van der Waals surface area (Å²) in [6.07, 6.45) is 4.17. The van der Waals surface area contributed by atoms with Crippen LogP contribution in [0.3, 0.4) is 0 Å². The van der Waals surface area contributed by atoms with Crippen LogP contribution in [-0.4, -0.2) is 58.2 Å². The van der Waals surface area contributed by atoms with Gasteiger partial charge >= 0.3 is 18.6 Å². The fourth-order valence-corrected chi connectivity index (χ4v) is 5.71. The zero-order chi connectivity index (χ0) is 10.9. The van der Waals surface area contributed by atoms with Crippen molar-refractivity contribution < 1.29 is 13.0 Å². The van der Waals surface area contributed by atoms with E-state index in [2.05, 4.69) is 10.6 Å². The molecule has 2 unspecified atom stereocenters. The van der Waals surface area contributed by atoms with Crippen molar-refractivity contribution >= 4 is 18.6 Å². The summed E-state index contributed by atoms with van der Waals surface area (Å²) in [6, 6.07) is 0. The number of hydrogen-bond acceptors (Lipinski definition) is 5. The molecule has 2 N–H and O–H groups in total. The molecule has 0 spiro atoms. The van der Waals surface area contributed by atoms with E-state index in [4.69, 9.17) is 13.0 Å². The molecule has 5 nitrogen and oxygen atoms in total. The van der Waals surface area contributed by atoms with E-state index < -0.39 is 18.6 Å². The number of hydrogen-bond donors (Lipinski definition) is 2. The molecule has 1 aliphatic rings. The van der Waals surface area contributed by atoms with Crippen molar-refractivity contribution in [2.75, 3.05) is 39.6 Å². The molecule has 1 rings (SSSR count). The van der Waals surface area contributed by atoms with Crippen molar-refractivity contribution in [3.63, 3.8) is 0 Å². The van der Waals surface area contributed by atoms with Crippen LogP contribution < -0.4 is 10.6 Å². The van der Waals surface area contributed by atoms with Gasteiger partial charge in [-0.1, -0.05) is 0 Å². The van der Waals surface area contributed by atoms with Gasteiger partial charge < -0.3 is 23.6 Å². The van der Waals surface area contributed by atoms with Crippen LogP contribution in [-0.2, 0) is 13.0 Å². The third-order valence-corrected chi connectivity index (χ3v) is 7.13. The van der Waals surface area contributed by atoms with E-state index in [0.29, 0.717) is 0 Å². The molecule has 1 fully saturated rings. The second kappa shape index (κ2) is 8.39. The SMILES string of the molecule is CO[SiH]1CNCCCCNC[SiH](OC)O1. The molecule has 90 valence electrons. The van der Waals surface area contributed by atoms with E-state index in [1.165, 1.54) is 12.8 Å². The first-order valence-electron chi connectivity index (χ1n) is 5.49. The van der Waals surface area contributed by atoms with E-state index >= 15 is 0 Å². The third-order valence-electron chi connectivity index (χ3n) is 2.41. The molecular formula is C8H22N2O3Si2. The molecule has 1 aliphatic heterocycles. The average molecular weight is 250 g/mol. The fourth-order valence-electron chi connectivity index (χ4n) is 1.48. The molecule has 0 radical (unpaired) electrons. The van der Waals surface area contributed by atoms with Gasteiger partial charge in [0.1, 0.15) is 0 Å². The molecule has 0 amide bonds. The Labute approximate surface area is 95.2 Å². The Hall–Kier alpha value is 0.234. The lowest BCUT2D eigenvalue weighted by atomic mass is 10.3. The third kappa shape index (κ3) is 5.76. The van der Waals surface area contributed by atoms with Crippen LogP contribution in [0.25, 0.3) is 0 Å². The summed E-state index contributed by atoms with van der Waals surface area (Å²) in [4.78, 5) is 0. The molecule has 0 aromatic rings. The van der Waals surface area contributed by atoms with Gasteiger partial charge in [-0.3, -0.25) is 0 Å². The second-order valence-corrected chi connectivity index (χ2v) is 8.15. The monoisotopic (exact) mass is 250 g/mol. The molecule has 15 heavy (non-hydrogen) atoms. The highest BCUT2D eigenvalue weighted by Crippen LogP contribution is 1.95. The van der Waals surface area contributed by atoms with Crippen LogP contribution in [0.2, 0.25) is 0 Å². The molecule has 2 atom stereocenters. The topological polar surface area (TPSA) is 51.8 Å². The summed E-state index contributed by atoms with van der Waals surface area (Å²) >= 11 is 0. The number of rotatable bonds is 2. The van der Waals surface area contributed by atoms with Gasteiger partial charge in [0, 0.05) is 26.6 Å². The van der Waals surface area contributed by atoms with Crippen molar-refractivity contribution in [3.05, 3.63) is 0 Å². The highest BCUT2D eigenvalue weighted by molar-refractivity contribution is 6.59. The Morgan fingerprint density at radius 2 is 1.40 bits per heavy atom. The highest BCUT2D eigenvalue weighted by Gasteiger charge is 2.20. The van der Waals surface area contributed by atoms with Crippen molar-refractivity contribution in [3.8, 4) is 0 Å². The van der Waals surface area contributed by atoms with Gasteiger partial charge in [-0.25, -0.2) is 0 Å². The Kier molecular flexibility index (Phi) is 7.44. The minimum absolute atomic E-state index is 0.878. The van der Waals surface area contributed by atoms with E-state index in [-0.39, 0.29) is 0 Å². The lowest BCUT2D eigenvalue weighted by Crippen LogP contribution is -2.44. The summed E-state index contributed by atoms with van der Waals surface area (Å²) in [5.74, 6) is 0. The Morgan fingerprint density at radius 3 is 1.80 bits per heavy atom. The fraction of sp³-hybridized carbons (Fsp3) is 1.00. The van der Waals surface area contributed by atoms with Gasteiger partial charge in [-0.15, -0.1) is 0 Å². The van der Waals surface area contributed by atoms with Crippen molar-refractivity contribution in [1.29, 1.82) is 0 Å². The molecule has 0 aromatic carbocycles. The van der Waals surface area contributed by atoms with Crippen molar-refractivity contribution in [1.82, 2.24) is 10.6 Å². The minimum atomic E-state index is -1.54. The predicted octanol–water partition coefficient (Wildman–Crippen LogP) is -1.21. The molecule has 0 bridgehead atoms. The first-order valence-corrected chi connectivity index (χ1v) is 9.01. The van der Waals surface area contributed by atoms with Gasteiger partial charge in [0.25, 0.3) is 0 Å². The lowest BCUT2D eigenvalue weighted by molar-refractivity contribution is 0.275. The minimum Gasteiger partial charge on any atom is -0.418 e. The van der Waals surface area contributed by atoms with Gasteiger partial charge in [-0.05, 0) is 25.9 Å². The van der Waals surface area contributed by atoms with Gasteiger partial charge in [0.2, 0.25) is 0 Å². The Bertz CT molecular complexity index is 149. The van der Waals surface area contributed by atoms with E-state index in [1.807, 2.05) is 0 Å². The lowest BCUT2D eigenvalue weighted by Gasteiger charge is -2.20. The summed E-state index contributed by atoms with van der Waals surface area (Å²) in [5, 5.41) is 6.76. The van der Waals surface area contributed by atoms with Crippen LogP contribution in [0, 0.1) is 0 Å². The van der Waals surface area contributed by atoms with Crippen LogP contribution in [0.5, 0.6) is 0 Å². The normalized spacial score (nSPS) is 30.8. The van der Waals surface area contributed by atoms with Gasteiger partial charge in [0.05, 0.1) is 0 Å². The summed E-state index contributed by atoms with van der Waals surface area (Å²) in [5.41, 5.74) is 0. The van der Waals surface area contributed by atoms with Gasteiger partial charge in [0.15, 0.2) is 0 Å². The maximum Gasteiger partial charge on any atom is 0.326 e. The molecule has 1 heterocycles. The molecule has 7 heteroatoms. The van der Waals surface area contributed by atoms with Gasteiger partial charge in [-0.2, -0.15) is 0 Å². The van der Waals surface area contributed by atoms with Crippen molar-refractivity contribution in [2.24, 2.45) is 0 Å². The maximum atomic E-state index is 5.89. The number of nitrogens with one attached hydrogen (secondary N) is 2. The van der Waals surface area contributed by atoms with Crippen LogP contribution in [0.1, 0.15) is 12.8 Å². The summed E-state index contributed by atoms with van der Waals surface area (Å²) < 4.78 is 16.6. The first kappa shape index (κ1) is 13.3. The summed E-state index contributed by atoms with van der Waals surface area (Å²) in [6.45, 7) is 2.11. The largest absolute Gasteiger partial charge is 0.418 e. The summed E-state index contributed by atoms with van der Waals surface area (Å²) in [7, 11) is 0.381. The smallest absolute Gasteiger partial charge is 0.326 e. The van der Waals surface area contributed by atoms with E-state index in [0.717, 1.165) is 25.4 Å². The molecule has 0 saturated carbocycles. The predicted molar refractivity (Wildman–Crippen MR) is 64.4 cm³/mol. The van der Waals surface area contributed by atoms with E-state index in [1.54, 1.807) is 14.2 Å². The Morgan fingerprint density at radius 1 is 0.933 bits per heavy atom. The van der Waals surface area contributed by atoms with Crippen LogP contribution >= 0.6 is 0 Å². The Balaban J connectivity index is 2.38. The standard InChI is InChI=1S/C8H22N2O3Si2/c1-11-14-7-9-5-3-4-6-10-8-15(12-2)13-14/h9-10,14-15H,3-8H2,1-2H3. The maximum absolute atomic E-state index is 5.89.